The van der Waals surface area contributed by atoms with Gasteiger partial charge in [0.1, 0.15) is 5.69 Å². The van der Waals surface area contributed by atoms with Crippen LogP contribution in [-0.2, 0) is 13.0 Å². The molecule has 0 radical (unpaired) electrons. The van der Waals surface area contributed by atoms with Crippen LogP contribution in [0.4, 0.5) is 0 Å². The fourth-order valence-electron chi connectivity index (χ4n) is 1.62. The molecule has 1 N–H and O–H groups in total. The molecule has 2 aromatic rings. The van der Waals surface area contributed by atoms with Crippen LogP contribution in [0.5, 0.6) is 0 Å². The van der Waals surface area contributed by atoms with E-state index in [9.17, 15) is 0 Å². The van der Waals surface area contributed by atoms with E-state index in [1.807, 2.05) is 24.4 Å². The fourth-order valence-corrected chi connectivity index (χ4v) is 2.60. The Kier molecular flexibility index (Phi) is 3.64. The van der Waals surface area contributed by atoms with Crippen LogP contribution in [0.3, 0.4) is 0 Å². The van der Waals surface area contributed by atoms with Crippen LogP contribution in [0.1, 0.15) is 16.3 Å². The van der Waals surface area contributed by atoms with Crippen molar-refractivity contribution >= 4 is 11.3 Å². The average Bonchev–Trinajstić information content (AvgIpc) is 2.64. The van der Waals surface area contributed by atoms with Crippen LogP contribution < -0.4 is 4.57 Å². The second-order valence-corrected chi connectivity index (χ2v) is 4.59. The van der Waals surface area contributed by atoms with Gasteiger partial charge in [0, 0.05) is 26.1 Å². The molecule has 0 saturated carbocycles. The van der Waals surface area contributed by atoms with Crippen molar-refractivity contribution in [2.75, 3.05) is 6.61 Å². The summed E-state index contributed by atoms with van der Waals surface area (Å²) in [5, 5.41) is 8.93. The predicted octanol–water partition coefficient (Wildman–Crippen LogP) is 1.32. The minimum atomic E-state index is 0.213. The molecule has 3 nitrogen and oxygen atoms in total. The van der Waals surface area contributed by atoms with E-state index in [4.69, 9.17) is 5.11 Å². The highest BCUT2D eigenvalue weighted by molar-refractivity contribution is 7.09. The minimum absolute atomic E-state index is 0.213. The van der Waals surface area contributed by atoms with Gasteiger partial charge in [-0.15, -0.1) is 0 Å². The van der Waals surface area contributed by atoms with Gasteiger partial charge in [0.25, 0.3) is 0 Å². The van der Waals surface area contributed by atoms with Gasteiger partial charge in [0.15, 0.2) is 12.2 Å². The summed E-state index contributed by atoms with van der Waals surface area (Å²) in [6, 6.07) is 5.95. The van der Waals surface area contributed by atoms with Crippen LogP contribution in [-0.4, -0.2) is 16.7 Å². The maximum atomic E-state index is 8.93. The molecule has 2 rings (SSSR count). The lowest BCUT2D eigenvalue weighted by molar-refractivity contribution is -0.690. The third-order valence-corrected chi connectivity index (χ3v) is 3.70. The van der Waals surface area contributed by atoms with Gasteiger partial charge in [-0.25, -0.2) is 0 Å². The third-order valence-electron chi connectivity index (χ3n) is 2.55. The highest BCUT2D eigenvalue weighted by Gasteiger charge is 2.15. The molecular weight excluding hydrogens is 220 g/mol. The minimum Gasteiger partial charge on any atom is -0.396 e. The number of hydrogen-bond donors (Lipinski definition) is 1. The van der Waals surface area contributed by atoms with Crippen LogP contribution in [0.2, 0.25) is 0 Å². The predicted molar refractivity (Wildman–Crippen MR) is 63.4 cm³/mol. The first-order valence-electron chi connectivity index (χ1n) is 5.28. The van der Waals surface area contributed by atoms with E-state index in [-0.39, 0.29) is 6.61 Å². The Labute approximate surface area is 99.0 Å². The maximum Gasteiger partial charge on any atom is 0.225 e. The van der Waals surface area contributed by atoms with Gasteiger partial charge in [-0.1, -0.05) is 17.4 Å². The Morgan fingerprint density at radius 1 is 1.44 bits per heavy atom. The van der Waals surface area contributed by atoms with E-state index in [0.717, 1.165) is 18.7 Å². The Morgan fingerprint density at radius 2 is 2.31 bits per heavy atom. The van der Waals surface area contributed by atoms with E-state index >= 15 is 0 Å². The molecule has 2 heterocycles. The van der Waals surface area contributed by atoms with Crippen molar-refractivity contribution in [3.05, 3.63) is 46.2 Å². The topological polar surface area (TPSA) is 37.0 Å². The number of aliphatic hydroxyl groups excluding tert-OH is 1. The zero-order valence-electron chi connectivity index (χ0n) is 9.26. The molecule has 0 bridgehead atoms. The molecule has 0 aliphatic heterocycles. The molecule has 0 atom stereocenters. The molecular formula is C12H15N2OS+. The molecule has 0 aromatic carbocycles. The van der Waals surface area contributed by atoms with Gasteiger partial charge in [-0.05, 0) is 12.1 Å². The number of hydrogen-bond acceptors (Lipinski definition) is 3. The SMILES string of the molecule is Cc1c(CCO)sc[n+]1Cc1ccccn1. The molecule has 16 heavy (non-hydrogen) atoms. The first kappa shape index (κ1) is 11.2. The normalized spacial score (nSPS) is 10.6. The van der Waals surface area contributed by atoms with Crippen molar-refractivity contribution < 1.29 is 9.67 Å². The molecule has 0 aliphatic rings. The van der Waals surface area contributed by atoms with Crippen molar-refractivity contribution in [2.24, 2.45) is 0 Å². The van der Waals surface area contributed by atoms with E-state index < -0.39 is 0 Å². The van der Waals surface area contributed by atoms with Crippen molar-refractivity contribution in [3.8, 4) is 0 Å². The number of rotatable bonds is 4. The molecule has 84 valence electrons. The lowest BCUT2D eigenvalue weighted by atomic mass is 10.3. The van der Waals surface area contributed by atoms with Gasteiger partial charge in [-0.3, -0.25) is 4.98 Å². The molecule has 0 unspecified atom stereocenters. The van der Waals surface area contributed by atoms with Crippen molar-refractivity contribution in [1.82, 2.24) is 4.98 Å². The lowest BCUT2D eigenvalue weighted by Gasteiger charge is -1.96. The van der Waals surface area contributed by atoms with Gasteiger partial charge in [-0.2, -0.15) is 4.57 Å². The molecule has 0 aliphatic carbocycles. The average molecular weight is 235 g/mol. The highest BCUT2D eigenvalue weighted by atomic mass is 32.1. The zero-order valence-corrected chi connectivity index (χ0v) is 10.1. The van der Waals surface area contributed by atoms with Gasteiger partial charge < -0.3 is 5.11 Å². The lowest BCUT2D eigenvalue weighted by Crippen LogP contribution is -2.35. The van der Waals surface area contributed by atoms with Crippen LogP contribution in [0.15, 0.2) is 29.9 Å². The summed E-state index contributed by atoms with van der Waals surface area (Å²) in [7, 11) is 0. The molecule has 2 aromatic heterocycles. The number of thiazole rings is 1. The number of aromatic nitrogens is 2. The Hall–Kier alpha value is -1.26. The Balaban J connectivity index is 2.16. The third kappa shape index (κ3) is 2.46. The quantitative estimate of drug-likeness (QED) is 0.812. The van der Waals surface area contributed by atoms with Gasteiger partial charge in [0.05, 0.1) is 4.88 Å². The standard InChI is InChI=1S/C12H15N2OS/c1-10-12(5-7-15)16-9-14(10)8-11-4-2-3-6-13-11/h2-4,6,9,15H,5,7-8H2,1H3/q+1. The van der Waals surface area contributed by atoms with Crippen molar-refractivity contribution in [1.29, 1.82) is 0 Å². The summed E-state index contributed by atoms with van der Waals surface area (Å²) < 4.78 is 2.18. The molecule has 0 amide bonds. The molecule has 0 fully saturated rings. The first-order chi connectivity index (χ1) is 7.81. The largest absolute Gasteiger partial charge is 0.396 e. The number of pyridine rings is 1. The van der Waals surface area contributed by atoms with E-state index in [0.29, 0.717) is 0 Å². The first-order valence-corrected chi connectivity index (χ1v) is 6.16. The summed E-state index contributed by atoms with van der Waals surface area (Å²) >= 11 is 1.70. The van der Waals surface area contributed by atoms with E-state index in [2.05, 4.69) is 22.0 Å². The van der Waals surface area contributed by atoms with E-state index in [1.165, 1.54) is 10.6 Å². The summed E-state index contributed by atoms with van der Waals surface area (Å²) in [4.78, 5) is 5.55. The Bertz CT molecular complexity index is 453. The second kappa shape index (κ2) is 5.18. The zero-order chi connectivity index (χ0) is 11.4. The van der Waals surface area contributed by atoms with Crippen molar-refractivity contribution in [3.63, 3.8) is 0 Å². The smallest absolute Gasteiger partial charge is 0.225 e. The molecule has 4 heteroatoms. The van der Waals surface area contributed by atoms with Gasteiger partial charge in [0.2, 0.25) is 5.51 Å². The van der Waals surface area contributed by atoms with Crippen LogP contribution >= 0.6 is 11.3 Å². The summed E-state index contributed by atoms with van der Waals surface area (Å²) in [6.45, 7) is 3.10. The van der Waals surface area contributed by atoms with Crippen molar-refractivity contribution in [2.45, 2.75) is 19.9 Å². The Morgan fingerprint density at radius 3 is 3.00 bits per heavy atom. The van der Waals surface area contributed by atoms with Crippen LogP contribution in [0.25, 0.3) is 0 Å². The van der Waals surface area contributed by atoms with E-state index in [1.54, 1.807) is 11.3 Å². The summed E-state index contributed by atoms with van der Waals surface area (Å²) in [5.41, 5.74) is 4.38. The van der Waals surface area contributed by atoms with Gasteiger partial charge >= 0.3 is 0 Å². The monoisotopic (exact) mass is 235 g/mol. The number of aliphatic hydroxyl groups is 1. The van der Waals surface area contributed by atoms with Crippen LogP contribution in [0, 0.1) is 6.92 Å². The maximum absolute atomic E-state index is 8.93. The summed E-state index contributed by atoms with van der Waals surface area (Å²) in [5.74, 6) is 0. The molecule has 0 spiro atoms. The molecule has 0 saturated heterocycles. The highest BCUT2D eigenvalue weighted by Crippen LogP contribution is 2.11. The fraction of sp³-hybridized carbons (Fsp3) is 0.333. The summed E-state index contributed by atoms with van der Waals surface area (Å²) in [6.07, 6.45) is 2.55. The second-order valence-electron chi connectivity index (χ2n) is 3.65. The number of nitrogens with zero attached hydrogens (tertiary/aromatic N) is 2.